The highest BCUT2D eigenvalue weighted by molar-refractivity contribution is 7.70. The Balaban J connectivity index is 1.56. The lowest BCUT2D eigenvalue weighted by Gasteiger charge is -2.37. The largest absolute Gasteiger partial charge is 0.295 e. The van der Waals surface area contributed by atoms with Crippen LogP contribution in [0.15, 0.2) is 91.0 Å². The first-order valence-electron chi connectivity index (χ1n) is 10.1. The molecule has 1 aliphatic rings. The van der Waals surface area contributed by atoms with Gasteiger partial charge < -0.3 is 0 Å². The van der Waals surface area contributed by atoms with Gasteiger partial charge in [-0.15, -0.1) is 0 Å². The fraction of sp³-hybridized carbons (Fsp3) is 0.280. The molecule has 1 saturated heterocycles. The van der Waals surface area contributed by atoms with E-state index in [4.69, 9.17) is 0 Å². The number of benzene rings is 3. The van der Waals surface area contributed by atoms with E-state index in [1.165, 1.54) is 22.6 Å². The lowest BCUT2D eigenvalue weighted by molar-refractivity contribution is 0.222. The monoisotopic (exact) mass is 388 g/mol. The van der Waals surface area contributed by atoms with E-state index in [9.17, 15) is 0 Å². The zero-order valence-corrected chi connectivity index (χ0v) is 17.7. The summed E-state index contributed by atoms with van der Waals surface area (Å²) in [5.74, 6) is 0. The Kier molecular flexibility index (Phi) is 6.22. The van der Waals surface area contributed by atoms with Gasteiger partial charge in [0, 0.05) is 33.2 Å². The van der Waals surface area contributed by atoms with E-state index in [0.29, 0.717) is 12.1 Å². The summed E-state index contributed by atoms with van der Waals surface area (Å²) in [6.07, 6.45) is 1.23. The molecule has 28 heavy (non-hydrogen) atoms. The van der Waals surface area contributed by atoms with Gasteiger partial charge in [0.05, 0.1) is 0 Å². The number of likely N-dealkylation sites (tertiary alicyclic amines) is 1. The molecule has 0 saturated carbocycles. The van der Waals surface area contributed by atoms with Gasteiger partial charge in [0.2, 0.25) is 0 Å². The van der Waals surface area contributed by atoms with Crippen molar-refractivity contribution in [3.05, 3.63) is 96.6 Å². The zero-order valence-electron chi connectivity index (χ0n) is 16.8. The molecule has 3 heteroatoms. The van der Waals surface area contributed by atoms with Crippen molar-refractivity contribution in [1.29, 1.82) is 0 Å². The molecule has 0 radical (unpaired) electrons. The fourth-order valence-corrected chi connectivity index (χ4v) is 6.87. The maximum Gasteiger partial charge on any atom is 0.0302 e. The Morgan fingerprint density at radius 1 is 0.821 bits per heavy atom. The van der Waals surface area contributed by atoms with Crippen molar-refractivity contribution in [2.24, 2.45) is 0 Å². The summed E-state index contributed by atoms with van der Waals surface area (Å²) < 4.78 is 2.66. The Morgan fingerprint density at radius 2 is 1.32 bits per heavy atom. The Bertz CT molecular complexity index is 814. The van der Waals surface area contributed by atoms with E-state index in [1.54, 1.807) is 0 Å². The van der Waals surface area contributed by atoms with Gasteiger partial charge in [0.25, 0.3) is 0 Å². The van der Waals surface area contributed by atoms with Gasteiger partial charge in [-0.25, -0.2) is 0 Å². The summed E-state index contributed by atoms with van der Waals surface area (Å²) in [6.45, 7) is 4.61. The number of hydrogen-bond acceptors (Lipinski definition) is 2. The van der Waals surface area contributed by atoms with Crippen LogP contribution in [0.1, 0.15) is 18.9 Å². The van der Waals surface area contributed by atoms with Crippen LogP contribution < -0.4 is 10.6 Å². The van der Waals surface area contributed by atoms with Crippen molar-refractivity contribution in [1.82, 2.24) is 9.57 Å². The van der Waals surface area contributed by atoms with Gasteiger partial charge in [0.15, 0.2) is 0 Å². The lowest BCUT2D eigenvalue weighted by atomic mass is 10.1. The molecule has 144 valence electrons. The second-order valence-corrected chi connectivity index (χ2v) is 9.90. The van der Waals surface area contributed by atoms with Gasteiger partial charge in [0.1, 0.15) is 0 Å². The van der Waals surface area contributed by atoms with E-state index in [-0.39, 0.29) is 0 Å². The molecule has 1 unspecified atom stereocenters. The Morgan fingerprint density at radius 3 is 1.86 bits per heavy atom. The van der Waals surface area contributed by atoms with Gasteiger partial charge in [-0.05, 0) is 36.6 Å². The third kappa shape index (κ3) is 4.20. The third-order valence-corrected chi connectivity index (χ3v) is 8.37. The normalized spacial score (nSPS) is 20.1. The average molecular weight is 388 g/mol. The molecule has 0 aliphatic carbocycles. The number of likely N-dealkylation sites (N-methyl/N-ethyl adjacent to an activating group) is 1. The van der Waals surface area contributed by atoms with E-state index >= 15 is 0 Å². The molecule has 2 nitrogen and oxygen atoms in total. The SMILES string of the molecule is C[C@@H]1C(N(C)P(c2ccccc2)c2ccccc2)CCN1Cc1ccccc1. The first-order valence-corrected chi connectivity index (χ1v) is 11.4. The fourth-order valence-electron chi connectivity index (χ4n) is 4.33. The van der Waals surface area contributed by atoms with Crippen LogP contribution in [0.3, 0.4) is 0 Å². The summed E-state index contributed by atoms with van der Waals surface area (Å²) in [5, 5.41) is 2.86. The van der Waals surface area contributed by atoms with Crippen LogP contribution in [0.25, 0.3) is 0 Å². The Hall–Kier alpha value is -1.99. The second-order valence-electron chi connectivity index (χ2n) is 7.61. The van der Waals surface area contributed by atoms with Crippen molar-refractivity contribution in [2.75, 3.05) is 13.6 Å². The van der Waals surface area contributed by atoms with Crippen LogP contribution in [-0.2, 0) is 6.54 Å². The molecule has 0 spiro atoms. The molecule has 0 amide bonds. The summed E-state index contributed by atoms with van der Waals surface area (Å²) in [6, 6.07) is 34.0. The third-order valence-electron chi connectivity index (χ3n) is 5.87. The molecule has 2 atom stereocenters. The van der Waals surface area contributed by atoms with Crippen molar-refractivity contribution in [3.63, 3.8) is 0 Å². The standard InChI is InChI=1S/C25H29N2P/c1-21-25(18-19-27(21)20-22-12-6-3-7-13-22)26(2)28(23-14-8-4-9-15-23)24-16-10-5-11-17-24/h3-17,21,25H,18-20H2,1-2H3/t21-,25?/m1/s1. The first-order chi connectivity index (χ1) is 13.7. The van der Waals surface area contributed by atoms with Crippen molar-refractivity contribution < 1.29 is 0 Å². The zero-order chi connectivity index (χ0) is 19.3. The van der Waals surface area contributed by atoms with E-state index < -0.39 is 8.07 Å². The molecule has 3 aromatic rings. The second kappa shape index (κ2) is 9.01. The lowest BCUT2D eigenvalue weighted by Crippen LogP contribution is -2.41. The topological polar surface area (TPSA) is 6.48 Å². The van der Waals surface area contributed by atoms with Crippen LogP contribution in [-0.4, -0.2) is 35.2 Å². The number of rotatable bonds is 6. The minimum atomic E-state index is -0.521. The van der Waals surface area contributed by atoms with E-state index in [0.717, 1.165) is 13.1 Å². The van der Waals surface area contributed by atoms with E-state index in [1.807, 2.05) is 0 Å². The van der Waals surface area contributed by atoms with Crippen LogP contribution >= 0.6 is 8.07 Å². The summed E-state index contributed by atoms with van der Waals surface area (Å²) in [4.78, 5) is 2.64. The van der Waals surface area contributed by atoms with E-state index in [2.05, 4.69) is 115 Å². The number of nitrogens with zero attached hydrogens (tertiary/aromatic N) is 2. The quantitative estimate of drug-likeness (QED) is 0.568. The highest BCUT2D eigenvalue weighted by Crippen LogP contribution is 2.42. The number of hydrogen-bond donors (Lipinski definition) is 0. The minimum absolute atomic E-state index is 0.521. The molecular weight excluding hydrogens is 359 g/mol. The molecule has 1 heterocycles. The van der Waals surface area contributed by atoms with Gasteiger partial charge >= 0.3 is 0 Å². The van der Waals surface area contributed by atoms with Gasteiger partial charge in [-0.3, -0.25) is 9.57 Å². The smallest absolute Gasteiger partial charge is 0.0302 e. The average Bonchev–Trinajstić information content (AvgIpc) is 3.11. The molecule has 0 bridgehead atoms. The summed E-state index contributed by atoms with van der Waals surface area (Å²) in [5.41, 5.74) is 1.41. The first kappa shape index (κ1) is 19.3. The molecular formula is C25H29N2P. The molecule has 4 rings (SSSR count). The van der Waals surface area contributed by atoms with Gasteiger partial charge in [-0.2, -0.15) is 0 Å². The minimum Gasteiger partial charge on any atom is -0.295 e. The molecule has 3 aromatic carbocycles. The van der Waals surface area contributed by atoms with Crippen LogP contribution in [0.5, 0.6) is 0 Å². The maximum absolute atomic E-state index is 2.66. The maximum atomic E-state index is 2.66. The molecule has 1 fully saturated rings. The summed E-state index contributed by atoms with van der Waals surface area (Å²) >= 11 is 0. The summed E-state index contributed by atoms with van der Waals surface area (Å²) in [7, 11) is 1.81. The Labute approximate surface area is 170 Å². The molecule has 1 aliphatic heterocycles. The van der Waals surface area contributed by atoms with Crippen molar-refractivity contribution in [2.45, 2.75) is 32.0 Å². The predicted molar refractivity (Wildman–Crippen MR) is 122 cm³/mol. The van der Waals surface area contributed by atoms with Gasteiger partial charge in [-0.1, -0.05) is 91.0 Å². The van der Waals surface area contributed by atoms with Crippen LogP contribution in [0.2, 0.25) is 0 Å². The molecule has 0 N–H and O–H groups in total. The van der Waals surface area contributed by atoms with Crippen LogP contribution in [0.4, 0.5) is 0 Å². The highest BCUT2D eigenvalue weighted by atomic mass is 31.1. The predicted octanol–water partition coefficient (Wildman–Crippen LogP) is 4.63. The van der Waals surface area contributed by atoms with Crippen LogP contribution in [0, 0.1) is 0 Å². The van der Waals surface area contributed by atoms with Crippen molar-refractivity contribution >= 4 is 18.7 Å². The highest BCUT2D eigenvalue weighted by Gasteiger charge is 2.36. The molecule has 0 aromatic heterocycles. The van der Waals surface area contributed by atoms with Crippen molar-refractivity contribution in [3.8, 4) is 0 Å².